The third-order valence-electron chi connectivity index (χ3n) is 4.89. The van der Waals surface area contributed by atoms with Gasteiger partial charge in [-0.1, -0.05) is 24.3 Å². The van der Waals surface area contributed by atoms with E-state index in [-0.39, 0.29) is 24.0 Å². The molecule has 1 heterocycles. The second-order valence-corrected chi connectivity index (χ2v) is 6.93. The summed E-state index contributed by atoms with van der Waals surface area (Å²) in [7, 11) is 5.93. The van der Waals surface area contributed by atoms with Crippen LogP contribution in [0.5, 0.6) is 5.75 Å². The summed E-state index contributed by atoms with van der Waals surface area (Å²) >= 11 is 0. The summed E-state index contributed by atoms with van der Waals surface area (Å²) in [5.74, 6) is 1.26. The van der Waals surface area contributed by atoms with Crippen molar-refractivity contribution in [1.82, 2.24) is 10.2 Å². The van der Waals surface area contributed by atoms with Gasteiger partial charge < -0.3 is 25.1 Å². The Bertz CT molecular complexity index is 788. The number of nitrogens with zero attached hydrogens (tertiary/aromatic N) is 4. The number of rotatable bonds is 4. The number of guanidine groups is 1. The number of anilines is 2. The maximum atomic E-state index is 10.1. The average molecular weight is 495 g/mol. The van der Waals surface area contributed by atoms with Crippen molar-refractivity contribution < 1.29 is 5.11 Å². The van der Waals surface area contributed by atoms with Crippen molar-refractivity contribution >= 4 is 41.3 Å². The highest BCUT2D eigenvalue weighted by atomic mass is 127. The van der Waals surface area contributed by atoms with E-state index in [2.05, 4.69) is 63.4 Å². The highest BCUT2D eigenvalue weighted by Crippen LogP contribution is 2.27. The quantitative estimate of drug-likeness (QED) is 0.388. The van der Waals surface area contributed by atoms with Crippen LogP contribution in [0, 0.1) is 0 Å². The molecule has 0 unspecified atom stereocenters. The number of nitrogens with one attached hydrogen (secondary N) is 1. The number of para-hydroxylation sites is 2. The van der Waals surface area contributed by atoms with E-state index in [1.165, 1.54) is 11.3 Å². The van der Waals surface area contributed by atoms with Crippen molar-refractivity contribution in [1.29, 1.82) is 0 Å². The van der Waals surface area contributed by atoms with Gasteiger partial charge in [0, 0.05) is 59.6 Å². The molecule has 152 valence electrons. The molecule has 3 rings (SSSR count). The molecule has 1 aliphatic heterocycles. The number of phenolic OH excluding ortho intramolecular Hbond substituents is 1. The molecule has 0 spiro atoms. The minimum absolute atomic E-state index is 0. The Morgan fingerprint density at radius 1 is 1.07 bits per heavy atom. The molecular formula is C21H30IN5O. The standard InChI is InChI=1S/C21H29N5O.HI/c1-22-21(23-16-17-7-6-8-18(15-17)24(2)3)26-13-11-25(12-14-26)19-9-4-5-10-20(19)27;/h4-10,15,27H,11-14,16H2,1-3H3,(H,22,23);1H. The van der Waals surface area contributed by atoms with Crippen LogP contribution in [0.4, 0.5) is 11.4 Å². The van der Waals surface area contributed by atoms with Gasteiger partial charge >= 0.3 is 0 Å². The van der Waals surface area contributed by atoms with E-state index in [0.29, 0.717) is 5.75 Å². The van der Waals surface area contributed by atoms with Gasteiger partial charge in [-0.3, -0.25) is 4.99 Å². The number of hydrogen-bond donors (Lipinski definition) is 2. The molecule has 6 nitrogen and oxygen atoms in total. The van der Waals surface area contributed by atoms with Crippen molar-refractivity contribution in [3.63, 3.8) is 0 Å². The first-order chi connectivity index (χ1) is 13.1. The smallest absolute Gasteiger partial charge is 0.194 e. The Balaban J connectivity index is 0.00000280. The molecule has 0 radical (unpaired) electrons. The highest BCUT2D eigenvalue weighted by Gasteiger charge is 2.21. The number of hydrogen-bond acceptors (Lipinski definition) is 4. The third-order valence-corrected chi connectivity index (χ3v) is 4.89. The largest absolute Gasteiger partial charge is 0.506 e. The molecule has 0 aromatic heterocycles. The topological polar surface area (TPSA) is 54.3 Å². The third kappa shape index (κ3) is 5.43. The first kappa shape index (κ1) is 22.1. The first-order valence-electron chi connectivity index (χ1n) is 9.33. The van der Waals surface area contributed by atoms with Gasteiger partial charge in [0.2, 0.25) is 0 Å². The van der Waals surface area contributed by atoms with E-state index in [4.69, 9.17) is 0 Å². The number of halogens is 1. The number of phenols is 1. The molecule has 0 saturated carbocycles. The summed E-state index contributed by atoms with van der Waals surface area (Å²) in [6.07, 6.45) is 0. The maximum Gasteiger partial charge on any atom is 0.194 e. The number of aromatic hydroxyl groups is 1. The molecule has 2 aromatic carbocycles. The molecule has 2 aromatic rings. The first-order valence-corrected chi connectivity index (χ1v) is 9.33. The van der Waals surface area contributed by atoms with Crippen LogP contribution >= 0.6 is 24.0 Å². The van der Waals surface area contributed by atoms with E-state index in [0.717, 1.165) is 44.4 Å². The van der Waals surface area contributed by atoms with Crippen LogP contribution < -0.4 is 15.1 Å². The fourth-order valence-corrected chi connectivity index (χ4v) is 3.35. The SMILES string of the molecule is CN=C(NCc1cccc(N(C)C)c1)N1CCN(c2ccccc2O)CC1.I. The molecule has 0 bridgehead atoms. The second kappa shape index (κ2) is 10.4. The van der Waals surface area contributed by atoms with Crippen LogP contribution in [-0.4, -0.2) is 63.3 Å². The van der Waals surface area contributed by atoms with Crippen molar-refractivity contribution in [3.8, 4) is 5.75 Å². The number of aliphatic imine (C=N–C) groups is 1. The lowest BCUT2D eigenvalue weighted by Gasteiger charge is -2.37. The van der Waals surface area contributed by atoms with Crippen molar-refractivity contribution in [2.75, 3.05) is 57.1 Å². The summed E-state index contributed by atoms with van der Waals surface area (Å²) in [4.78, 5) is 11.1. The molecule has 1 aliphatic rings. The van der Waals surface area contributed by atoms with Crippen LogP contribution in [0.3, 0.4) is 0 Å². The van der Waals surface area contributed by atoms with Gasteiger partial charge in [0.25, 0.3) is 0 Å². The summed E-state index contributed by atoms with van der Waals surface area (Å²) < 4.78 is 0. The summed E-state index contributed by atoms with van der Waals surface area (Å²) in [6.45, 7) is 4.19. The lowest BCUT2D eigenvalue weighted by molar-refractivity contribution is 0.369. The zero-order valence-electron chi connectivity index (χ0n) is 16.8. The fraction of sp³-hybridized carbons (Fsp3) is 0.381. The van der Waals surface area contributed by atoms with Crippen molar-refractivity contribution in [2.24, 2.45) is 4.99 Å². The molecule has 2 N–H and O–H groups in total. The summed E-state index contributed by atoms with van der Waals surface area (Å²) in [5.41, 5.74) is 3.33. The van der Waals surface area contributed by atoms with Gasteiger partial charge in [-0.25, -0.2) is 0 Å². The Hall–Kier alpha value is -2.16. The number of benzene rings is 2. The Labute approximate surface area is 184 Å². The fourth-order valence-electron chi connectivity index (χ4n) is 3.35. The average Bonchev–Trinajstić information content (AvgIpc) is 2.69. The minimum Gasteiger partial charge on any atom is -0.506 e. The van der Waals surface area contributed by atoms with Gasteiger partial charge in [0.15, 0.2) is 5.96 Å². The Morgan fingerprint density at radius 2 is 1.79 bits per heavy atom. The molecule has 0 atom stereocenters. The normalized spacial score (nSPS) is 14.5. The molecular weight excluding hydrogens is 465 g/mol. The highest BCUT2D eigenvalue weighted by molar-refractivity contribution is 14.0. The van der Waals surface area contributed by atoms with Gasteiger partial charge in [-0.2, -0.15) is 0 Å². The van der Waals surface area contributed by atoms with E-state index < -0.39 is 0 Å². The van der Waals surface area contributed by atoms with Crippen LogP contribution in [0.25, 0.3) is 0 Å². The summed E-state index contributed by atoms with van der Waals surface area (Å²) in [5, 5.41) is 13.5. The van der Waals surface area contributed by atoms with Crippen LogP contribution in [0.1, 0.15) is 5.56 Å². The molecule has 1 saturated heterocycles. The Morgan fingerprint density at radius 3 is 2.43 bits per heavy atom. The molecule has 7 heteroatoms. The van der Waals surface area contributed by atoms with Gasteiger partial charge in [0.05, 0.1) is 5.69 Å². The van der Waals surface area contributed by atoms with Crippen LogP contribution in [0.2, 0.25) is 0 Å². The number of piperazine rings is 1. The van der Waals surface area contributed by atoms with Crippen molar-refractivity contribution in [3.05, 3.63) is 54.1 Å². The van der Waals surface area contributed by atoms with Crippen molar-refractivity contribution in [2.45, 2.75) is 6.54 Å². The molecule has 0 aliphatic carbocycles. The van der Waals surface area contributed by atoms with E-state index in [1.54, 1.807) is 6.07 Å². The van der Waals surface area contributed by atoms with Gasteiger partial charge in [-0.15, -0.1) is 24.0 Å². The van der Waals surface area contributed by atoms with Crippen LogP contribution in [0.15, 0.2) is 53.5 Å². The van der Waals surface area contributed by atoms with E-state index in [1.807, 2.05) is 25.2 Å². The van der Waals surface area contributed by atoms with Gasteiger partial charge in [0.1, 0.15) is 5.75 Å². The second-order valence-electron chi connectivity index (χ2n) is 6.93. The predicted molar refractivity (Wildman–Crippen MR) is 128 cm³/mol. The minimum atomic E-state index is 0. The predicted octanol–water partition coefficient (Wildman–Crippen LogP) is 2.97. The lowest BCUT2D eigenvalue weighted by atomic mass is 10.2. The molecule has 0 amide bonds. The maximum absolute atomic E-state index is 10.1. The molecule has 28 heavy (non-hydrogen) atoms. The molecule has 1 fully saturated rings. The van der Waals surface area contributed by atoms with E-state index >= 15 is 0 Å². The van der Waals surface area contributed by atoms with Gasteiger partial charge in [-0.05, 0) is 29.8 Å². The van der Waals surface area contributed by atoms with E-state index in [9.17, 15) is 5.11 Å². The lowest BCUT2D eigenvalue weighted by Crippen LogP contribution is -2.52. The Kier molecular flexibility index (Phi) is 8.22. The summed E-state index contributed by atoms with van der Waals surface area (Å²) in [6, 6.07) is 16.0. The zero-order valence-corrected chi connectivity index (χ0v) is 19.1. The zero-order chi connectivity index (χ0) is 19.2. The van der Waals surface area contributed by atoms with Crippen LogP contribution in [-0.2, 0) is 6.54 Å². The monoisotopic (exact) mass is 495 g/mol.